The first-order valence-corrected chi connectivity index (χ1v) is 8.30. The van der Waals surface area contributed by atoms with Gasteiger partial charge in [-0.1, -0.05) is 23.7 Å². The van der Waals surface area contributed by atoms with E-state index in [1.807, 2.05) is 41.7 Å². The van der Waals surface area contributed by atoms with Gasteiger partial charge in [0.1, 0.15) is 5.82 Å². The lowest BCUT2D eigenvalue weighted by Crippen LogP contribution is -2.02. The molecule has 2 aromatic carbocycles. The standard InChI is InChI=1S/C19H15ClN4O2/c1-10-22-23-18-17(21)16(11-3-5-12(6-4-11)19(25)26-2)14-9-13(20)7-8-15(14)24(10)18/h3-9H,21H2,1-2H3. The summed E-state index contributed by atoms with van der Waals surface area (Å²) < 4.78 is 6.66. The molecule has 0 amide bonds. The van der Waals surface area contributed by atoms with Crippen LogP contribution >= 0.6 is 11.6 Å². The molecule has 0 aliphatic heterocycles. The Balaban J connectivity index is 2.06. The van der Waals surface area contributed by atoms with Crippen molar-refractivity contribution in [2.75, 3.05) is 12.8 Å². The van der Waals surface area contributed by atoms with E-state index in [0.29, 0.717) is 21.9 Å². The molecule has 4 aromatic rings. The van der Waals surface area contributed by atoms with E-state index in [2.05, 4.69) is 10.2 Å². The van der Waals surface area contributed by atoms with Gasteiger partial charge >= 0.3 is 5.97 Å². The number of esters is 1. The van der Waals surface area contributed by atoms with Crippen LogP contribution in [0.5, 0.6) is 0 Å². The number of nitrogens with zero attached hydrogens (tertiary/aromatic N) is 3. The largest absolute Gasteiger partial charge is 0.465 e. The molecule has 0 atom stereocenters. The number of nitrogen functional groups attached to an aromatic ring is 1. The summed E-state index contributed by atoms with van der Waals surface area (Å²) >= 11 is 6.24. The number of carbonyl (C=O) groups is 1. The van der Waals surface area contributed by atoms with Crippen LogP contribution in [0.3, 0.4) is 0 Å². The molecule has 2 heterocycles. The second-order valence-electron chi connectivity index (χ2n) is 5.93. The number of halogens is 1. The Morgan fingerprint density at radius 2 is 1.88 bits per heavy atom. The van der Waals surface area contributed by atoms with Crippen LogP contribution in [-0.2, 0) is 4.74 Å². The molecule has 0 aliphatic rings. The van der Waals surface area contributed by atoms with Gasteiger partial charge in [0.2, 0.25) is 0 Å². The van der Waals surface area contributed by atoms with E-state index >= 15 is 0 Å². The minimum atomic E-state index is -0.388. The van der Waals surface area contributed by atoms with Gasteiger partial charge in [0.05, 0.1) is 23.9 Å². The molecule has 0 fully saturated rings. The molecular weight excluding hydrogens is 352 g/mol. The summed E-state index contributed by atoms with van der Waals surface area (Å²) in [6, 6.07) is 12.7. The third-order valence-electron chi connectivity index (χ3n) is 4.40. The third kappa shape index (κ3) is 2.38. The second kappa shape index (κ2) is 6.00. The van der Waals surface area contributed by atoms with Crippen LogP contribution in [0.25, 0.3) is 27.7 Å². The molecule has 130 valence electrons. The van der Waals surface area contributed by atoms with Gasteiger partial charge in [0.25, 0.3) is 0 Å². The van der Waals surface area contributed by atoms with Gasteiger partial charge < -0.3 is 10.5 Å². The highest BCUT2D eigenvalue weighted by molar-refractivity contribution is 6.31. The van der Waals surface area contributed by atoms with Crippen molar-refractivity contribution in [2.45, 2.75) is 6.92 Å². The Morgan fingerprint density at radius 1 is 1.15 bits per heavy atom. The lowest BCUT2D eigenvalue weighted by molar-refractivity contribution is 0.0601. The topological polar surface area (TPSA) is 82.5 Å². The maximum absolute atomic E-state index is 11.7. The summed E-state index contributed by atoms with van der Waals surface area (Å²) in [4.78, 5) is 11.7. The zero-order valence-corrected chi connectivity index (χ0v) is 14.9. The molecule has 0 bridgehead atoms. The van der Waals surface area contributed by atoms with Gasteiger partial charge in [0, 0.05) is 16.0 Å². The van der Waals surface area contributed by atoms with E-state index in [1.165, 1.54) is 7.11 Å². The van der Waals surface area contributed by atoms with Crippen molar-refractivity contribution in [3.63, 3.8) is 0 Å². The summed E-state index contributed by atoms with van der Waals surface area (Å²) in [5.74, 6) is 0.354. The zero-order chi connectivity index (χ0) is 18.4. The van der Waals surface area contributed by atoms with E-state index in [9.17, 15) is 4.79 Å². The number of aromatic nitrogens is 3. The van der Waals surface area contributed by atoms with Crippen LogP contribution in [0.4, 0.5) is 5.69 Å². The molecule has 6 nitrogen and oxygen atoms in total. The molecule has 2 aromatic heterocycles. The Morgan fingerprint density at radius 3 is 2.58 bits per heavy atom. The fraction of sp³-hybridized carbons (Fsp3) is 0.105. The number of methoxy groups -OCH3 is 1. The number of hydrogen-bond donors (Lipinski definition) is 1. The molecule has 2 N–H and O–H groups in total. The van der Waals surface area contributed by atoms with Crippen molar-refractivity contribution in [2.24, 2.45) is 0 Å². The summed E-state index contributed by atoms with van der Waals surface area (Å²) in [5.41, 5.74) is 10.6. The molecular formula is C19H15ClN4O2. The molecule has 26 heavy (non-hydrogen) atoms. The van der Waals surface area contributed by atoms with Gasteiger partial charge in [-0.2, -0.15) is 0 Å². The Kier molecular flexibility index (Phi) is 3.77. The second-order valence-corrected chi connectivity index (χ2v) is 6.36. The molecule has 0 unspecified atom stereocenters. The highest BCUT2D eigenvalue weighted by atomic mass is 35.5. The van der Waals surface area contributed by atoms with Crippen LogP contribution in [0.1, 0.15) is 16.2 Å². The summed E-state index contributed by atoms with van der Waals surface area (Å²) in [5, 5.41) is 9.86. The first-order chi connectivity index (χ1) is 12.5. The van der Waals surface area contributed by atoms with Crippen LogP contribution in [0.15, 0.2) is 42.5 Å². The normalized spacial score (nSPS) is 11.2. The highest BCUT2D eigenvalue weighted by Gasteiger charge is 2.18. The predicted octanol–water partition coefficient (Wildman–Crippen LogP) is 3.88. The van der Waals surface area contributed by atoms with Gasteiger partial charge in [-0.15, -0.1) is 10.2 Å². The summed E-state index contributed by atoms with van der Waals surface area (Å²) in [6.45, 7) is 1.87. The number of nitrogens with two attached hydrogens (primary N) is 1. The van der Waals surface area contributed by atoms with Crippen molar-refractivity contribution in [1.29, 1.82) is 0 Å². The fourth-order valence-corrected chi connectivity index (χ4v) is 3.36. The van der Waals surface area contributed by atoms with Crippen molar-refractivity contribution >= 4 is 39.8 Å². The molecule has 0 spiro atoms. The Labute approximate surface area is 154 Å². The Bertz CT molecular complexity index is 1170. The van der Waals surface area contributed by atoms with Crippen LogP contribution < -0.4 is 5.73 Å². The third-order valence-corrected chi connectivity index (χ3v) is 4.63. The van der Waals surface area contributed by atoms with E-state index in [4.69, 9.17) is 22.1 Å². The number of ether oxygens (including phenoxy) is 1. The van der Waals surface area contributed by atoms with Crippen molar-refractivity contribution < 1.29 is 9.53 Å². The van der Waals surface area contributed by atoms with Gasteiger partial charge in [-0.3, -0.25) is 4.40 Å². The summed E-state index contributed by atoms with van der Waals surface area (Å²) in [6.07, 6.45) is 0. The lowest BCUT2D eigenvalue weighted by atomic mass is 9.98. The average Bonchev–Trinajstić information content (AvgIpc) is 3.04. The molecule has 4 rings (SSSR count). The van der Waals surface area contributed by atoms with E-state index in [0.717, 1.165) is 27.9 Å². The number of pyridine rings is 1. The Hall–Kier alpha value is -3.12. The SMILES string of the molecule is COC(=O)c1ccc(-c2c(N)c3nnc(C)n3c3ccc(Cl)cc23)cc1. The zero-order valence-electron chi connectivity index (χ0n) is 14.2. The van der Waals surface area contributed by atoms with Crippen molar-refractivity contribution in [3.8, 4) is 11.1 Å². The fourth-order valence-electron chi connectivity index (χ4n) is 3.19. The number of fused-ring (bicyclic) bond motifs is 3. The summed E-state index contributed by atoms with van der Waals surface area (Å²) in [7, 11) is 1.35. The van der Waals surface area contributed by atoms with E-state index < -0.39 is 0 Å². The van der Waals surface area contributed by atoms with Crippen LogP contribution in [0, 0.1) is 6.92 Å². The highest BCUT2D eigenvalue weighted by Crippen LogP contribution is 2.38. The smallest absolute Gasteiger partial charge is 0.337 e. The van der Waals surface area contributed by atoms with Crippen molar-refractivity contribution in [1.82, 2.24) is 14.6 Å². The quantitative estimate of drug-likeness (QED) is 0.544. The maximum Gasteiger partial charge on any atom is 0.337 e. The maximum atomic E-state index is 11.7. The number of carbonyl (C=O) groups excluding carboxylic acids is 1. The first kappa shape index (κ1) is 16.4. The number of anilines is 1. The van der Waals surface area contributed by atoms with Crippen LogP contribution in [0.2, 0.25) is 5.02 Å². The number of hydrogen-bond acceptors (Lipinski definition) is 5. The minimum absolute atomic E-state index is 0.388. The van der Waals surface area contributed by atoms with Gasteiger partial charge in [-0.05, 0) is 42.8 Å². The van der Waals surface area contributed by atoms with E-state index in [-0.39, 0.29) is 5.97 Å². The van der Waals surface area contributed by atoms with E-state index in [1.54, 1.807) is 12.1 Å². The number of rotatable bonds is 2. The van der Waals surface area contributed by atoms with Crippen LogP contribution in [-0.4, -0.2) is 27.7 Å². The average molecular weight is 367 g/mol. The monoisotopic (exact) mass is 366 g/mol. The van der Waals surface area contributed by atoms with Gasteiger partial charge in [-0.25, -0.2) is 4.79 Å². The number of benzene rings is 2. The molecule has 7 heteroatoms. The molecule has 0 saturated heterocycles. The number of aryl methyl sites for hydroxylation is 1. The molecule has 0 saturated carbocycles. The molecule has 0 radical (unpaired) electrons. The molecule has 0 aliphatic carbocycles. The lowest BCUT2D eigenvalue weighted by Gasteiger charge is -2.14. The first-order valence-electron chi connectivity index (χ1n) is 7.92. The van der Waals surface area contributed by atoms with Crippen molar-refractivity contribution in [3.05, 3.63) is 58.9 Å². The van der Waals surface area contributed by atoms with Gasteiger partial charge in [0.15, 0.2) is 5.65 Å². The predicted molar refractivity (Wildman–Crippen MR) is 101 cm³/mol. The minimum Gasteiger partial charge on any atom is -0.465 e.